The monoisotopic (exact) mass is 167 g/mol. The molecule has 2 heteroatoms. The molecule has 0 aliphatic rings. The molecule has 0 bridgehead atoms. The summed E-state index contributed by atoms with van der Waals surface area (Å²) >= 11 is 0. The zero-order valence-corrected chi connectivity index (χ0v) is 8.26. The second-order valence-corrected chi connectivity index (χ2v) is 3.44. The van der Waals surface area contributed by atoms with Crippen LogP contribution in [0.4, 0.5) is 0 Å². The third-order valence-corrected chi connectivity index (χ3v) is 2.68. The molecule has 0 aliphatic carbocycles. The van der Waals surface area contributed by atoms with Gasteiger partial charge < -0.3 is 5.11 Å². The molecular formula is C10H17NO. The van der Waals surface area contributed by atoms with E-state index in [1.165, 1.54) is 0 Å². The maximum Gasteiger partial charge on any atom is 0.0838 e. The molecular weight excluding hydrogens is 150 g/mol. The van der Waals surface area contributed by atoms with Gasteiger partial charge in [-0.3, -0.25) is 0 Å². The van der Waals surface area contributed by atoms with E-state index in [0.29, 0.717) is 0 Å². The van der Waals surface area contributed by atoms with Crippen LogP contribution in [-0.2, 0) is 0 Å². The third-order valence-electron chi connectivity index (χ3n) is 2.68. The molecule has 2 atom stereocenters. The quantitative estimate of drug-likeness (QED) is 0.654. The van der Waals surface area contributed by atoms with E-state index in [-0.39, 0.29) is 12.5 Å². The minimum absolute atomic E-state index is 0.0875. The van der Waals surface area contributed by atoms with Gasteiger partial charge in [0.05, 0.1) is 18.1 Å². The summed E-state index contributed by atoms with van der Waals surface area (Å²) in [5.41, 5.74) is 0.504. The molecule has 0 aromatic heterocycles. The zero-order chi connectivity index (χ0) is 9.78. The van der Waals surface area contributed by atoms with Crippen molar-refractivity contribution in [3.05, 3.63) is 11.6 Å². The van der Waals surface area contributed by atoms with Crippen molar-refractivity contribution in [2.24, 2.45) is 11.3 Å². The Hall–Kier alpha value is -0.810. The van der Waals surface area contributed by atoms with Crippen LogP contribution in [0.1, 0.15) is 27.7 Å². The van der Waals surface area contributed by atoms with E-state index in [0.717, 1.165) is 5.57 Å². The third kappa shape index (κ3) is 2.09. The molecule has 0 rings (SSSR count). The van der Waals surface area contributed by atoms with E-state index in [2.05, 4.69) is 6.07 Å². The van der Waals surface area contributed by atoms with Crippen LogP contribution < -0.4 is 0 Å². The van der Waals surface area contributed by atoms with E-state index in [4.69, 9.17) is 10.4 Å². The predicted octanol–water partition coefficient (Wildman–Crippen LogP) is 2.11. The van der Waals surface area contributed by atoms with Crippen LogP contribution >= 0.6 is 0 Å². The van der Waals surface area contributed by atoms with Crippen molar-refractivity contribution in [2.75, 3.05) is 6.61 Å². The predicted molar refractivity (Wildman–Crippen MR) is 49.4 cm³/mol. The van der Waals surface area contributed by atoms with Gasteiger partial charge in [-0.2, -0.15) is 5.26 Å². The Bertz CT molecular complexity index is 214. The number of allylic oxidation sites excluding steroid dienone is 2. The SMILES string of the molecule is C/C=C(/C)C(C)C(C)(C#N)CO. The molecule has 1 N–H and O–H groups in total. The van der Waals surface area contributed by atoms with E-state index < -0.39 is 5.41 Å². The van der Waals surface area contributed by atoms with Crippen molar-refractivity contribution in [2.45, 2.75) is 27.7 Å². The maximum atomic E-state index is 9.05. The fraction of sp³-hybridized carbons (Fsp3) is 0.700. The second-order valence-electron chi connectivity index (χ2n) is 3.44. The van der Waals surface area contributed by atoms with Crippen molar-refractivity contribution < 1.29 is 5.11 Å². The molecule has 0 saturated carbocycles. The molecule has 0 aromatic rings. The largest absolute Gasteiger partial charge is 0.395 e. The van der Waals surface area contributed by atoms with Gasteiger partial charge >= 0.3 is 0 Å². The summed E-state index contributed by atoms with van der Waals surface area (Å²) in [6.45, 7) is 7.59. The Kier molecular flexibility index (Phi) is 3.99. The molecule has 0 radical (unpaired) electrons. The van der Waals surface area contributed by atoms with Gasteiger partial charge in [-0.1, -0.05) is 18.6 Å². The standard InChI is InChI=1S/C10H17NO/c1-5-8(2)9(3)10(4,6-11)7-12/h5,9,12H,7H2,1-4H3/b8-5-. The number of nitrogens with zero attached hydrogens (tertiary/aromatic N) is 1. The van der Waals surface area contributed by atoms with Crippen LogP contribution in [0.3, 0.4) is 0 Å². The lowest BCUT2D eigenvalue weighted by atomic mass is 9.76. The Balaban J connectivity index is 4.67. The molecule has 2 unspecified atom stereocenters. The van der Waals surface area contributed by atoms with Gasteiger partial charge in [-0.25, -0.2) is 0 Å². The lowest BCUT2D eigenvalue weighted by Gasteiger charge is -2.27. The molecule has 0 amide bonds. The van der Waals surface area contributed by atoms with Crippen LogP contribution in [-0.4, -0.2) is 11.7 Å². The first-order valence-corrected chi connectivity index (χ1v) is 4.16. The average Bonchev–Trinajstić information content (AvgIpc) is 2.14. The Morgan fingerprint density at radius 1 is 1.75 bits per heavy atom. The van der Waals surface area contributed by atoms with Crippen molar-refractivity contribution in [1.82, 2.24) is 0 Å². The maximum absolute atomic E-state index is 9.05. The molecule has 0 spiro atoms. The summed E-state index contributed by atoms with van der Waals surface area (Å²) in [4.78, 5) is 0. The number of aliphatic hydroxyl groups is 1. The summed E-state index contributed by atoms with van der Waals surface area (Å²) in [6, 6.07) is 2.15. The molecule has 12 heavy (non-hydrogen) atoms. The highest BCUT2D eigenvalue weighted by Gasteiger charge is 2.31. The van der Waals surface area contributed by atoms with E-state index in [1.807, 2.05) is 26.8 Å². The van der Waals surface area contributed by atoms with Gasteiger partial charge in [0.25, 0.3) is 0 Å². The molecule has 0 fully saturated rings. The number of hydrogen-bond donors (Lipinski definition) is 1. The Labute approximate surface area is 74.5 Å². The smallest absolute Gasteiger partial charge is 0.0838 e. The average molecular weight is 167 g/mol. The highest BCUT2D eigenvalue weighted by Crippen LogP contribution is 2.31. The van der Waals surface area contributed by atoms with Crippen molar-refractivity contribution in [1.29, 1.82) is 5.26 Å². The lowest BCUT2D eigenvalue weighted by Crippen LogP contribution is -2.28. The highest BCUT2D eigenvalue weighted by molar-refractivity contribution is 5.12. The number of rotatable bonds is 3. The topological polar surface area (TPSA) is 44.0 Å². The van der Waals surface area contributed by atoms with Gasteiger partial charge in [0, 0.05) is 0 Å². The molecule has 0 heterocycles. The Morgan fingerprint density at radius 3 is 2.50 bits per heavy atom. The van der Waals surface area contributed by atoms with Crippen LogP contribution in [0.2, 0.25) is 0 Å². The number of hydrogen-bond acceptors (Lipinski definition) is 2. The van der Waals surface area contributed by atoms with E-state index in [1.54, 1.807) is 6.92 Å². The van der Waals surface area contributed by atoms with Gasteiger partial charge in [-0.05, 0) is 26.7 Å². The summed E-state index contributed by atoms with van der Waals surface area (Å²) in [7, 11) is 0. The summed E-state index contributed by atoms with van der Waals surface area (Å²) in [5.74, 6) is 0.109. The molecule has 0 aromatic carbocycles. The molecule has 2 nitrogen and oxygen atoms in total. The zero-order valence-electron chi connectivity index (χ0n) is 8.26. The normalized spacial score (nSPS) is 19.5. The highest BCUT2D eigenvalue weighted by atomic mass is 16.3. The first-order chi connectivity index (χ1) is 5.51. The van der Waals surface area contributed by atoms with Crippen molar-refractivity contribution in [3.8, 4) is 6.07 Å². The summed E-state index contributed by atoms with van der Waals surface area (Å²) in [6.07, 6.45) is 1.98. The minimum Gasteiger partial charge on any atom is -0.395 e. The molecule has 68 valence electrons. The van der Waals surface area contributed by atoms with Gasteiger partial charge in [0.2, 0.25) is 0 Å². The fourth-order valence-corrected chi connectivity index (χ4v) is 1.02. The number of aliphatic hydroxyl groups excluding tert-OH is 1. The minimum atomic E-state index is -0.642. The van der Waals surface area contributed by atoms with Gasteiger partial charge in [0.15, 0.2) is 0 Å². The summed E-state index contributed by atoms with van der Waals surface area (Å²) in [5, 5.41) is 17.9. The first kappa shape index (κ1) is 11.2. The van der Waals surface area contributed by atoms with Crippen molar-refractivity contribution in [3.63, 3.8) is 0 Å². The fourth-order valence-electron chi connectivity index (χ4n) is 1.02. The van der Waals surface area contributed by atoms with Crippen LogP contribution in [0.15, 0.2) is 11.6 Å². The first-order valence-electron chi connectivity index (χ1n) is 4.16. The van der Waals surface area contributed by atoms with E-state index >= 15 is 0 Å². The van der Waals surface area contributed by atoms with Crippen molar-refractivity contribution >= 4 is 0 Å². The Morgan fingerprint density at radius 2 is 2.25 bits per heavy atom. The molecule has 0 aliphatic heterocycles. The second kappa shape index (κ2) is 4.27. The van der Waals surface area contributed by atoms with Crippen LogP contribution in [0, 0.1) is 22.7 Å². The van der Waals surface area contributed by atoms with Crippen LogP contribution in [0.25, 0.3) is 0 Å². The van der Waals surface area contributed by atoms with Crippen LogP contribution in [0.5, 0.6) is 0 Å². The van der Waals surface area contributed by atoms with Gasteiger partial charge in [0.1, 0.15) is 0 Å². The van der Waals surface area contributed by atoms with E-state index in [9.17, 15) is 0 Å². The molecule has 0 saturated heterocycles. The lowest BCUT2D eigenvalue weighted by molar-refractivity contribution is 0.154. The number of nitriles is 1. The summed E-state index contributed by atoms with van der Waals surface area (Å²) < 4.78 is 0. The van der Waals surface area contributed by atoms with Gasteiger partial charge in [-0.15, -0.1) is 0 Å².